The van der Waals surface area contributed by atoms with Crippen molar-refractivity contribution in [3.8, 4) is 0 Å². The van der Waals surface area contributed by atoms with Crippen molar-refractivity contribution < 1.29 is 20.1 Å². The molecule has 0 heterocycles. The van der Waals surface area contributed by atoms with Crippen LogP contribution in [-0.2, 0) is 4.79 Å². The first-order valence-electron chi connectivity index (χ1n) is 5.32. The van der Waals surface area contributed by atoms with E-state index in [-0.39, 0.29) is 6.42 Å². The standard InChI is InChI=1S/C13H16O4/c1-2-10(14)8-11(15)12(13(16)17)9-6-4-3-5-7-9/h2-7,10-12,14-15H,1,8H2,(H,16,17). The Morgan fingerprint density at radius 2 is 1.88 bits per heavy atom. The smallest absolute Gasteiger partial charge is 0.313 e. The highest BCUT2D eigenvalue weighted by molar-refractivity contribution is 5.76. The molecule has 0 saturated carbocycles. The molecule has 92 valence electrons. The maximum atomic E-state index is 11.1. The Hall–Kier alpha value is -1.65. The summed E-state index contributed by atoms with van der Waals surface area (Å²) in [6.07, 6.45) is -0.832. The predicted molar refractivity (Wildman–Crippen MR) is 63.6 cm³/mol. The average molecular weight is 236 g/mol. The van der Waals surface area contributed by atoms with E-state index in [1.807, 2.05) is 0 Å². The Bertz CT molecular complexity index is 374. The minimum Gasteiger partial charge on any atom is -0.481 e. The Morgan fingerprint density at radius 3 is 2.35 bits per heavy atom. The molecule has 0 fully saturated rings. The summed E-state index contributed by atoms with van der Waals surface area (Å²) in [5.74, 6) is -2.15. The zero-order valence-corrected chi connectivity index (χ0v) is 9.36. The van der Waals surface area contributed by atoms with Crippen molar-refractivity contribution in [1.82, 2.24) is 0 Å². The quantitative estimate of drug-likeness (QED) is 0.647. The van der Waals surface area contributed by atoms with Crippen LogP contribution in [0.25, 0.3) is 0 Å². The molecule has 1 aromatic carbocycles. The van der Waals surface area contributed by atoms with Crippen LogP contribution in [0.4, 0.5) is 0 Å². The van der Waals surface area contributed by atoms with Crippen LogP contribution >= 0.6 is 0 Å². The number of aliphatic hydroxyl groups is 2. The second-order valence-corrected chi connectivity index (χ2v) is 3.83. The maximum absolute atomic E-state index is 11.1. The van der Waals surface area contributed by atoms with Crippen LogP contribution < -0.4 is 0 Å². The number of hydrogen-bond donors (Lipinski definition) is 3. The largest absolute Gasteiger partial charge is 0.481 e. The zero-order valence-electron chi connectivity index (χ0n) is 9.36. The SMILES string of the molecule is C=CC(O)CC(O)C(C(=O)O)c1ccccc1. The van der Waals surface area contributed by atoms with Gasteiger partial charge in [-0.1, -0.05) is 36.4 Å². The minimum atomic E-state index is -1.15. The van der Waals surface area contributed by atoms with E-state index in [1.165, 1.54) is 6.08 Å². The van der Waals surface area contributed by atoms with Crippen molar-refractivity contribution in [2.75, 3.05) is 0 Å². The number of benzene rings is 1. The fraction of sp³-hybridized carbons (Fsp3) is 0.308. The molecule has 4 nitrogen and oxygen atoms in total. The van der Waals surface area contributed by atoms with Gasteiger partial charge in [0.1, 0.15) is 5.92 Å². The van der Waals surface area contributed by atoms with E-state index in [9.17, 15) is 15.0 Å². The zero-order chi connectivity index (χ0) is 12.8. The lowest BCUT2D eigenvalue weighted by Gasteiger charge is -2.20. The van der Waals surface area contributed by atoms with Gasteiger partial charge in [0.05, 0.1) is 12.2 Å². The lowest BCUT2D eigenvalue weighted by atomic mass is 9.90. The van der Waals surface area contributed by atoms with Gasteiger partial charge in [0.15, 0.2) is 0 Å². The molecule has 3 unspecified atom stereocenters. The van der Waals surface area contributed by atoms with E-state index in [0.29, 0.717) is 5.56 Å². The molecule has 4 heteroatoms. The van der Waals surface area contributed by atoms with E-state index in [0.717, 1.165) is 0 Å². The van der Waals surface area contributed by atoms with Crippen molar-refractivity contribution in [2.24, 2.45) is 0 Å². The molecule has 1 rings (SSSR count). The third kappa shape index (κ3) is 3.69. The Kier molecular flexibility index (Phi) is 4.87. The first kappa shape index (κ1) is 13.4. The third-order valence-corrected chi connectivity index (χ3v) is 2.56. The number of carboxylic acid groups (broad SMARTS) is 1. The van der Waals surface area contributed by atoms with E-state index in [2.05, 4.69) is 6.58 Å². The molecule has 0 aromatic heterocycles. The molecule has 0 radical (unpaired) electrons. The van der Waals surface area contributed by atoms with Gasteiger partial charge in [0.2, 0.25) is 0 Å². The molecular formula is C13H16O4. The van der Waals surface area contributed by atoms with Crippen molar-refractivity contribution in [1.29, 1.82) is 0 Å². The van der Waals surface area contributed by atoms with Crippen LogP contribution in [0.1, 0.15) is 17.9 Å². The minimum absolute atomic E-state index is 0.0463. The lowest BCUT2D eigenvalue weighted by molar-refractivity contribution is -0.142. The maximum Gasteiger partial charge on any atom is 0.313 e. The van der Waals surface area contributed by atoms with Crippen LogP contribution in [0, 0.1) is 0 Å². The van der Waals surface area contributed by atoms with Gasteiger partial charge in [-0.15, -0.1) is 6.58 Å². The number of aliphatic hydroxyl groups excluding tert-OH is 2. The van der Waals surface area contributed by atoms with Gasteiger partial charge in [-0.2, -0.15) is 0 Å². The third-order valence-electron chi connectivity index (χ3n) is 2.56. The Morgan fingerprint density at radius 1 is 1.29 bits per heavy atom. The topological polar surface area (TPSA) is 77.8 Å². The van der Waals surface area contributed by atoms with Crippen LogP contribution in [0.2, 0.25) is 0 Å². The first-order valence-corrected chi connectivity index (χ1v) is 5.32. The monoisotopic (exact) mass is 236 g/mol. The summed E-state index contributed by atoms with van der Waals surface area (Å²) >= 11 is 0. The van der Waals surface area contributed by atoms with Gasteiger partial charge in [-0.25, -0.2) is 0 Å². The highest BCUT2D eigenvalue weighted by Crippen LogP contribution is 2.23. The van der Waals surface area contributed by atoms with Crippen LogP contribution in [-0.4, -0.2) is 33.5 Å². The van der Waals surface area contributed by atoms with Crippen molar-refractivity contribution in [2.45, 2.75) is 24.5 Å². The number of carboxylic acids is 1. The van der Waals surface area contributed by atoms with Gasteiger partial charge in [0, 0.05) is 6.42 Å². The predicted octanol–water partition coefficient (Wildman–Crippen LogP) is 1.15. The van der Waals surface area contributed by atoms with Crippen LogP contribution in [0.3, 0.4) is 0 Å². The molecule has 0 aliphatic carbocycles. The summed E-state index contributed by atoms with van der Waals surface area (Å²) in [5.41, 5.74) is 0.517. The molecule has 0 bridgehead atoms. The number of aliphatic carboxylic acids is 1. The van der Waals surface area contributed by atoms with Crippen molar-refractivity contribution in [3.05, 3.63) is 48.6 Å². The van der Waals surface area contributed by atoms with Crippen molar-refractivity contribution >= 4 is 5.97 Å². The molecule has 0 spiro atoms. The second kappa shape index (κ2) is 6.18. The summed E-state index contributed by atoms with van der Waals surface area (Å²) in [6, 6.07) is 8.47. The van der Waals surface area contributed by atoms with E-state index in [1.54, 1.807) is 30.3 Å². The highest BCUT2D eigenvalue weighted by Gasteiger charge is 2.29. The molecular weight excluding hydrogens is 220 g/mol. The summed E-state index contributed by atoms with van der Waals surface area (Å²) in [4.78, 5) is 11.1. The van der Waals surface area contributed by atoms with Gasteiger partial charge in [-0.05, 0) is 5.56 Å². The van der Waals surface area contributed by atoms with E-state index < -0.39 is 24.1 Å². The number of rotatable bonds is 6. The van der Waals surface area contributed by atoms with E-state index in [4.69, 9.17) is 5.11 Å². The number of carbonyl (C=O) groups is 1. The second-order valence-electron chi connectivity index (χ2n) is 3.83. The molecule has 0 aliphatic rings. The molecule has 3 N–H and O–H groups in total. The number of hydrogen-bond acceptors (Lipinski definition) is 3. The van der Waals surface area contributed by atoms with Crippen LogP contribution in [0.15, 0.2) is 43.0 Å². The normalized spacial score (nSPS) is 15.9. The Labute approximate surface area is 99.8 Å². The molecule has 3 atom stereocenters. The van der Waals surface area contributed by atoms with Gasteiger partial charge in [0.25, 0.3) is 0 Å². The summed E-state index contributed by atoms with van der Waals surface area (Å²) in [7, 11) is 0. The fourth-order valence-corrected chi connectivity index (χ4v) is 1.67. The molecule has 0 aliphatic heterocycles. The lowest BCUT2D eigenvalue weighted by Crippen LogP contribution is -2.29. The van der Waals surface area contributed by atoms with Gasteiger partial charge < -0.3 is 15.3 Å². The summed E-state index contributed by atoms with van der Waals surface area (Å²) in [6.45, 7) is 3.38. The van der Waals surface area contributed by atoms with Crippen molar-refractivity contribution in [3.63, 3.8) is 0 Å². The Balaban J connectivity index is 2.87. The van der Waals surface area contributed by atoms with E-state index >= 15 is 0 Å². The highest BCUT2D eigenvalue weighted by atomic mass is 16.4. The van der Waals surface area contributed by atoms with Gasteiger partial charge >= 0.3 is 5.97 Å². The molecule has 1 aromatic rings. The van der Waals surface area contributed by atoms with Crippen LogP contribution in [0.5, 0.6) is 0 Å². The average Bonchev–Trinajstić information content (AvgIpc) is 2.29. The molecule has 0 amide bonds. The molecule has 0 saturated heterocycles. The fourth-order valence-electron chi connectivity index (χ4n) is 1.67. The van der Waals surface area contributed by atoms with Gasteiger partial charge in [-0.3, -0.25) is 4.79 Å². The molecule has 17 heavy (non-hydrogen) atoms. The summed E-state index contributed by atoms with van der Waals surface area (Å²) in [5, 5.41) is 28.3. The summed E-state index contributed by atoms with van der Waals surface area (Å²) < 4.78 is 0. The first-order chi connectivity index (χ1) is 8.06.